The maximum absolute atomic E-state index is 6.28. The molecule has 7 heteroatoms. The van der Waals surface area contributed by atoms with Crippen molar-refractivity contribution < 1.29 is 0 Å². The number of nitrogens with zero attached hydrogens (tertiary/aromatic N) is 3. The molecule has 108 valence electrons. The lowest BCUT2D eigenvalue weighted by Gasteiger charge is -2.11. The van der Waals surface area contributed by atoms with Crippen molar-refractivity contribution >= 4 is 39.1 Å². The zero-order valence-electron chi connectivity index (χ0n) is 11.2. The van der Waals surface area contributed by atoms with Gasteiger partial charge in [0, 0.05) is 11.0 Å². The highest BCUT2D eigenvalue weighted by molar-refractivity contribution is 9.10. The van der Waals surface area contributed by atoms with E-state index in [1.165, 1.54) is 0 Å². The molecule has 20 heavy (non-hydrogen) atoms. The van der Waals surface area contributed by atoms with Gasteiger partial charge in [-0.1, -0.05) is 42.3 Å². The van der Waals surface area contributed by atoms with Crippen molar-refractivity contribution in [1.82, 2.24) is 20.3 Å². The van der Waals surface area contributed by atoms with Crippen molar-refractivity contribution in [3.63, 3.8) is 0 Å². The first-order valence-electron chi connectivity index (χ1n) is 6.25. The van der Waals surface area contributed by atoms with Crippen molar-refractivity contribution in [3.05, 3.63) is 38.5 Å². The predicted molar refractivity (Wildman–Crippen MR) is 85.6 cm³/mol. The Labute approximate surface area is 136 Å². The molecule has 2 rings (SSSR count). The van der Waals surface area contributed by atoms with Crippen LogP contribution in [0.1, 0.15) is 19.5 Å². The Hall–Kier alpha value is -0.620. The molecule has 0 fully saturated rings. The van der Waals surface area contributed by atoms with Gasteiger partial charge in [0.05, 0.1) is 27.6 Å². The molecule has 0 saturated heterocycles. The third-order valence-corrected chi connectivity index (χ3v) is 4.48. The maximum atomic E-state index is 6.28. The fourth-order valence-corrected chi connectivity index (χ4v) is 2.60. The van der Waals surface area contributed by atoms with Crippen molar-refractivity contribution in [2.75, 3.05) is 6.54 Å². The Morgan fingerprint density at radius 2 is 2.05 bits per heavy atom. The molecule has 2 aromatic rings. The molecular formula is C13H15BrCl2N4. The molecule has 1 N–H and O–H groups in total. The van der Waals surface area contributed by atoms with E-state index in [1.807, 2.05) is 12.1 Å². The minimum Gasteiger partial charge on any atom is -0.311 e. The van der Waals surface area contributed by atoms with Gasteiger partial charge in [-0.2, -0.15) is 0 Å². The standard InChI is InChI=1S/C13H15BrCl2N4/c1-8(2)5-17-6-9-7-18-19-20(9)11-4-3-10(14)12(15)13(11)16/h3-4,7-8,17H,5-6H2,1-2H3. The van der Waals surface area contributed by atoms with Crippen LogP contribution < -0.4 is 5.32 Å². The van der Waals surface area contributed by atoms with Crippen LogP contribution in [0.25, 0.3) is 5.69 Å². The van der Waals surface area contributed by atoms with Gasteiger partial charge in [-0.05, 0) is 40.5 Å². The lowest BCUT2D eigenvalue weighted by molar-refractivity contribution is 0.542. The summed E-state index contributed by atoms with van der Waals surface area (Å²) in [4.78, 5) is 0. The van der Waals surface area contributed by atoms with E-state index in [0.29, 0.717) is 22.5 Å². The summed E-state index contributed by atoms with van der Waals surface area (Å²) >= 11 is 15.8. The quantitative estimate of drug-likeness (QED) is 0.798. The second kappa shape index (κ2) is 6.89. The summed E-state index contributed by atoms with van der Waals surface area (Å²) < 4.78 is 2.46. The second-order valence-corrected chi connectivity index (χ2v) is 6.47. The van der Waals surface area contributed by atoms with E-state index < -0.39 is 0 Å². The highest BCUT2D eigenvalue weighted by Crippen LogP contribution is 2.34. The van der Waals surface area contributed by atoms with Gasteiger partial charge in [0.1, 0.15) is 0 Å². The number of hydrogen-bond donors (Lipinski definition) is 1. The average molecular weight is 378 g/mol. The van der Waals surface area contributed by atoms with Crippen LogP contribution in [-0.4, -0.2) is 21.5 Å². The fourth-order valence-electron chi connectivity index (χ4n) is 1.75. The van der Waals surface area contributed by atoms with Crippen LogP contribution in [0, 0.1) is 5.92 Å². The molecule has 0 aliphatic carbocycles. The van der Waals surface area contributed by atoms with Crippen LogP contribution in [0.3, 0.4) is 0 Å². The molecule has 4 nitrogen and oxygen atoms in total. The van der Waals surface area contributed by atoms with Crippen LogP contribution in [-0.2, 0) is 6.54 Å². The van der Waals surface area contributed by atoms with Crippen molar-refractivity contribution in [2.24, 2.45) is 5.92 Å². The summed E-state index contributed by atoms with van der Waals surface area (Å²) in [7, 11) is 0. The van der Waals surface area contributed by atoms with Crippen LogP contribution in [0.15, 0.2) is 22.8 Å². The van der Waals surface area contributed by atoms with E-state index in [4.69, 9.17) is 23.2 Å². The number of nitrogens with one attached hydrogen (secondary N) is 1. The van der Waals surface area contributed by atoms with Crippen LogP contribution >= 0.6 is 39.1 Å². The number of aromatic nitrogens is 3. The van der Waals surface area contributed by atoms with Gasteiger partial charge in [-0.25, -0.2) is 4.68 Å². The van der Waals surface area contributed by atoms with Gasteiger partial charge >= 0.3 is 0 Å². The summed E-state index contributed by atoms with van der Waals surface area (Å²) in [5, 5.41) is 12.3. The topological polar surface area (TPSA) is 42.7 Å². The molecule has 0 aliphatic heterocycles. The summed E-state index contributed by atoms with van der Waals surface area (Å²) in [6.07, 6.45) is 1.72. The van der Waals surface area contributed by atoms with E-state index in [2.05, 4.69) is 45.4 Å². The molecule has 0 saturated carbocycles. The largest absolute Gasteiger partial charge is 0.311 e. The summed E-state index contributed by atoms with van der Waals surface area (Å²) in [6.45, 7) is 5.93. The zero-order chi connectivity index (χ0) is 14.7. The second-order valence-electron chi connectivity index (χ2n) is 4.86. The highest BCUT2D eigenvalue weighted by atomic mass is 79.9. The highest BCUT2D eigenvalue weighted by Gasteiger charge is 2.14. The fraction of sp³-hybridized carbons (Fsp3) is 0.385. The molecule has 1 aromatic heterocycles. The third-order valence-electron chi connectivity index (χ3n) is 2.72. The number of hydrogen-bond acceptors (Lipinski definition) is 3. The summed E-state index contributed by atoms with van der Waals surface area (Å²) in [5.41, 5.74) is 1.66. The Morgan fingerprint density at radius 3 is 2.75 bits per heavy atom. The molecule has 0 amide bonds. The third kappa shape index (κ3) is 3.52. The molecule has 0 radical (unpaired) electrons. The molecule has 0 spiro atoms. The Kier molecular flexibility index (Phi) is 5.43. The Bertz CT molecular complexity index is 598. The lowest BCUT2D eigenvalue weighted by Crippen LogP contribution is -2.20. The smallest absolute Gasteiger partial charge is 0.0869 e. The monoisotopic (exact) mass is 376 g/mol. The van der Waals surface area contributed by atoms with Crippen molar-refractivity contribution in [3.8, 4) is 5.69 Å². The zero-order valence-corrected chi connectivity index (χ0v) is 14.3. The minimum atomic E-state index is 0.455. The normalized spacial score (nSPS) is 11.3. The molecule has 0 atom stereocenters. The molecular weight excluding hydrogens is 363 g/mol. The van der Waals surface area contributed by atoms with E-state index in [-0.39, 0.29) is 0 Å². The Balaban J connectivity index is 2.26. The van der Waals surface area contributed by atoms with Gasteiger partial charge in [0.15, 0.2) is 0 Å². The van der Waals surface area contributed by atoms with Crippen molar-refractivity contribution in [2.45, 2.75) is 20.4 Å². The van der Waals surface area contributed by atoms with Crippen LogP contribution in [0.5, 0.6) is 0 Å². The molecule has 1 heterocycles. The van der Waals surface area contributed by atoms with Crippen LogP contribution in [0.4, 0.5) is 0 Å². The number of halogens is 3. The first kappa shape index (κ1) is 15.8. The van der Waals surface area contributed by atoms with Gasteiger partial charge in [0.25, 0.3) is 0 Å². The molecule has 1 aromatic carbocycles. The SMILES string of the molecule is CC(C)CNCc1cnnn1-c1ccc(Br)c(Cl)c1Cl. The summed E-state index contributed by atoms with van der Waals surface area (Å²) in [5.74, 6) is 0.588. The molecule has 0 unspecified atom stereocenters. The molecule has 0 aliphatic rings. The lowest BCUT2D eigenvalue weighted by atomic mass is 10.2. The van der Waals surface area contributed by atoms with Crippen molar-refractivity contribution in [1.29, 1.82) is 0 Å². The van der Waals surface area contributed by atoms with Gasteiger partial charge < -0.3 is 5.32 Å². The van der Waals surface area contributed by atoms with Gasteiger partial charge in [-0.15, -0.1) is 5.10 Å². The van der Waals surface area contributed by atoms with E-state index in [0.717, 1.165) is 22.4 Å². The Morgan fingerprint density at radius 1 is 1.30 bits per heavy atom. The maximum Gasteiger partial charge on any atom is 0.0869 e. The predicted octanol–water partition coefficient (Wildman–Crippen LogP) is 4.08. The number of rotatable bonds is 5. The first-order chi connectivity index (χ1) is 9.50. The first-order valence-corrected chi connectivity index (χ1v) is 7.79. The average Bonchev–Trinajstić information content (AvgIpc) is 2.84. The van der Waals surface area contributed by atoms with E-state index in [1.54, 1.807) is 10.9 Å². The van der Waals surface area contributed by atoms with Crippen LogP contribution in [0.2, 0.25) is 10.0 Å². The minimum absolute atomic E-state index is 0.455. The van der Waals surface area contributed by atoms with E-state index in [9.17, 15) is 0 Å². The van der Waals surface area contributed by atoms with Gasteiger partial charge in [-0.3, -0.25) is 0 Å². The van der Waals surface area contributed by atoms with E-state index >= 15 is 0 Å². The van der Waals surface area contributed by atoms with Gasteiger partial charge in [0.2, 0.25) is 0 Å². The number of benzene rings is 1. The summed E-state index contributed by atoms with van der Waals surface area (Å²) in [6, 6.07) is 3.70. The molecule has 0 bridgehead atoms.